The van der Waals surface area contributed by atoms with Crippen molar-refractivity contribution >= 4 is 40.7 Å². The van der Waals surface area contributed by atoms with Gasteiger partial charge in [0, 0.05) is 21.7 Å². The van der Waals surface area contributed by atoms with E-state index in [0.29, 0.717) is 15.6 Å². The molecule has 0 aliphatic rings. The van der Waals surface area contributed by atoms with Crippen molar-refractivity contribution in [3.63, 3.8) is 0 Å². The first-order chi connectivity index (χ1) is 9.97. The fraction of sp³-hybridized carbons (Fsp3) is 0. The van der Waals surface area contributed by atoms with Crippen LogP contribution in [0.15, 0.2) is 48.5 Å². The second-order valence-electron chi connectivity index (χ2n) is 4.16. The van der Waals surface area contributed by atoms with Gasteiger partial charge in [0.15, 0.2) is 5.78 Å². The fourth-order valence-corrected chi connectivity index (χ4v) is 2.01. The van der Waals surface area contributed by atoms with Gasteiger partial charge in [-0.1, -0.05) is 23.2 Å². The monoisotopic (exact) mass is 321 g/mol. The summed E-state index contributed by atoms with van der Waals surface area (Å²) < 4.78 is 0. The van der Waals surface area contributed by atoms with Crippen LogP contribution in [0.2, 0.25) is 10.0 Å². The van der Waals surface area contributed by atoms with E-state index < -0.39 is 4.92 Å². The van der Waals surface area contributed by atoms with Gasteiger partial charge < -0.3 is 0 Å². The number of hydrogen-bond donors (Lipinski definition) is 0. The zero-order chi connectivity index (χ0) is 15.4. The Hall–Kier alpha value is -2.17. The molecule has 0 saturated heterocycles. The van der Waals surface area contributed by atoms with E-state index in [0.717, 1.165) is 0 Å². The van der Waals surface area contributed by atoms with Crippen molar-refractivity contribution in [3.05, 3.63) is 79.8 Å². The molecule has 0 fully saturated rings. The Bertz CT molecular complexity index is 724. The first-order valence-electron chi connectivity index (χ1n) is 5.89. The van der Waals surface area contributed by atoms with E-state index in [2.05, 4.69) is 0 Å². The second-order valence-corrected chi connectivity index (χ2v) is 5.04. The maximum absolute atomic E-state index is 12.0. The lowest BCUT2D eigenvalue weighted by molar-refractivity contribution is -0.385. The third-order valence-electron chi connectivity index (χ3n) is 2.73. The highest BCUT2D eigenvalue weighted by atomic mass is 35.5. The van der Waals surface area contributed by atoms with Crippen molar-refractivity contribution in [2.75, 3.05) is 0 Å². The van der Waals surface area contributed by atoms with Crippen molar-refractivity contribution in [3.8, 4) is 0 Å². The third-order valence-corrected chi connectivity index (χ3v) is 3.22. The van der Waals surface area contributed by atoms with E-state index in [1.807, 2.05) is 0 Å². The molecule has 0 aromatic heterocycles. The van der Waals surface area contributed by atoms with Gasteiger partial charge in [-0.3, -0.25) is 14.9 Å². The van der Waals surface area contributed by atoms with E-state index >= 15 is 0 Å². The largest absolute Gasteiger partial charge is 0.289 e. The number of allylic oxidation sites excluding steroid dienone is 1. The van der Waals surface area contributed by atoms with Crippen molar-refractivity contribution in [1.82, 2.24) is 0 Å². The molecule has 0 aliphatic heterocycles. The molecule has 2 rings (SSSR count). The summed E-state index contributed by atoms with van der Waals surface area (Å²) in [5.41, 5.74) is 0.606. The average Bonchev–Trinajstić information content (AvgIpc) is 2.45. The van der Waals surface area contributed by atoms with Crippen molar-refractivity contribution in [2.24, 2.45) is 0 Å². The van der Waals surface area contributed by atoms with Gasteiger partial charge in [0.05, 0.1) is 10.5 Å². The molecule has 0 heterocycles. The number of hydrogen-bond acceptors (Lipinski definition) is 3. The molecule has 21 heavy (non-hydrogen) atoms. The molecule has 2 aromatic rings. The molecule has 0 radical (unpaired) electrons. The Labute approximate surface area is 130 Å². The van der Waals surface area contributed by atoms with Gasteiger partial charge >= 0.3 is 0 Å². The average molecular weight is 322 g/mol. The van der Waals surface area contributed by atoms with Crippen LogP contribution in [0.25, 0.3) is 6.08 Å². The maximum Gasteiger partial charge on any atom is 0.276 e. The number of nitrogens with zero attached hydrogens (tertiary/aromatic N) is 1. The number of benzene rings is 2. The minimum atomic E-state index is -0.525. The molecular weight excluding hydrogens is 313 g/mol. The Balaban J connectivity index is 2.28. The van der Waals surface area contributed by atoms with Crippen LogP contribution in [-0.2, 0) is 0 Å². The molecule has 4 nitrogen and oxygen atoms in total. The first kappa shape index (κ1) is 15.2. The summed E-state index contributed by atoms with van der Waals surface area (Å²) in [4.78, 5) is 22.4. The number of rotatable bonds is 4. The minimum Gasteiger partial charge on any atom is -0.289 e. The summed E-state index contributed by atoms with van der Waals surface area (Å²) in [5.74, 6) is -0.277. The van der Waals surface area contributed by atoms with Crippen LogP contribution in [0, 0.1) is 10.1 Å². The highest BCUT2D eigenvalue weighted by molar-refractivity contribution is 6.31. The zero-order valence-electron chi connectivity index (χ0n) is 10.6. The summed E-state index contributed by atoms with van der Waals surface area (Å²) in [6.07, 6.45) is 2.64. The van der Waals surface area contributed by atoms with Crippen molar-refractivity contribution < 1.29 is 9.72 Å². The smallest absolute Gasteiger partial charge is 0.276 e. The number of ketones is 1. The predicted octanol–water partition coefficient (Wildman–Crippen LogP) is 4.80. The molecular formula is C15H9Cl2NO3. The molecule has 0 bridgehead atoms. The third kappa shape index (κ3) is 3.90. The van der Waals surface area contributed by atoms with E-state index in [9.17, 15) is 14.9 Å². The standard InChI is InChI=1S/C15H9Cl2NO3/c16-12-4-1-10(2-5-12)15(19)8-3-11-9-13(17)6-7-14(11)18(20)21/h1-9H/b8-3+. The van der Waals surface area contributed by atoms with Gasteiger partial charge in [-0.25, -0.2) is 0 Å². The summed E-state index contributed by atoms with van der Waals surface area (Å²) in [6, 6.07) is 10.5. The maximum atomic E-state index is 12.0. The van der Waals surface area contributed by atoms with E-state index in [1.165, 1.54) is 30.4 Å². The molecule has 0 amide bonds. The van der Waals surface area contributed by atoms with E-state index in [4.69, 9.17) is 23.2 Å². The van der Waals surface area contributed by atoms with Crippen LogP contribution < -0.4 is 0 Å². The lowest BCUT2D eigenvalue weighted by atomic mass is 10.1. The molecule has 0 aliphatic carbocycles. The Morgan fingerprint density at radius 2 is 1.67 bits per heavy atom. The van der Waals surface area contributed by atoms with E-state index in [-0.39, 0.29) is 17.0 Å². The van der Waals surface area contributed by atoms with Crippen LogP contribution in [0.1, 0.15) is 15.9 Å². The Kier molecular flexibility index (Phi) is 4.73. The number of carbonyl (C=O) groups excluding carboxylic acids is 1. The molecule has 6 heteroatoms. The molecule has 0 saturated carbocycles. The van der Waals surface area contributed by atoms with Gasteiger partial charge in [-0.15, -0.1) is 0 Å². The SMILES string of the molecule is O=C(/C=C/c1cc(Cl)ccc1[N+](=O)[O-])c1ccc(Cl)cc1. The molecule has 0 unspecified atom stereocenters. The number of carbonyl (C=O) groups is 1. The van der Waals surface area contributed by atoms with Crippen LogP contribution in [0.3, 0.4) is 0 Å². The highest BCUT2D eigenvalue weighted by Crippen LogP contribution is 2.24. The first-order valence-corrected chi connectivity index (χ1v) is 6.65. The van der Waals surface area contributed by atoms with Gasteiger partial charge in [0.25, 0.3) is 5.69 Å². The van der Waals surface area contributed by atoms with Crippen LogP contribution >= 0.6 is 23.2 Å². The molecule has 2 aromatic carbocycles. The topological polar surface area (TPSA) is 60.2 Å². The van der Waals surface area contributed by atoms with E-state index in [1.54, 1.807) is 24.3 Å². The number of halogens is 2. The summed E-state index contributed by atoms with van der Waals surface area (Å²) >= 11 is 11.6. The molecule has 0 spiro atoms. The number of nitro groups is 1. The Morgan fingerprint density at radius 3 is 2.29 bits per heavy atom. The molecule has 106 valence electrons. The quantitative estimate of drug-likeness (QED) is 0.352. The lowest BCUT2D eigenvalue weighted by Gasteiger charge is -1.99. The second kappa shape index (κ2) is 6.52. The van der Waals surface area contributed by atoms with Crippen LogP contribution in [0.5, 0.6) is 0 Å². The van der Waals surface area contributed by atoms with Gasteiger partial charge in [-0.05, 0) is 48.6 Å². The van der Waals surface area contributed by atoms with Gasteiger partial charge in [0.1, 0.15) is 0 Å². The predicted molar refractivity (Wildman–Crippen MR) is 82.9 cm³/mol. The highest BCUT2D eigenvalue weighted by Gasteiger charge is 2.12. The Morgan fingerprint density at radius 1 is 1.05 bits per heavy atom. The fourth-order valence-electron chi connectivity index (χ4n) is 1.70. The lowest BCUT2D eigenvalue weighted by Crippen LogP contribution is -1.95. The summed E-state index contributed by atoms with van der Waals surface area (Å²) in [5, 5.41) is 11.8. The summed E-state index contributed by atoms with van der Waals surface area (Å²) in [7, 11) is 0. The van der Waals surface area contributed by atoms with Crippen LogP contribution in [-0.4, -0.2) is 10.7 Å². The summed E-state index contributed by atoms with van der Waals surface area (Å²) in [6.45, 7) is 0. The van der Waals surface area contributed by atoms with Crippen molar-refractivity contribution in [2.45, 2.75) is 0 Å². The van der Waals surface area contributed by atoms with Crippen molar-refractivity contribution in [1.29, 1.82) is 0 Å². The minimum absolute atomic E-state index is 0.112. The number of nitro benzene ring substituents is 1. The zero-order valence-corrected chi connectivity index (χ0v) is 12.1. The normalized spacial score (nSPS) is 10.8. The van der Waals surface area contributed by atoms with Crippen LogP contribution in [0.4, 0.5) is 5.69 Å². The molecule has 0 atom stereocenters. The van der Waals surface area contributed by atoms with Gasteiger partial charge in [-0.2, -0.15) is 0 Å². The molecule has 0 N–H and O–H groups in total. The van der Waals surface area contributed by atoms with Gasteiger partial charge in [0.2, 0.25) is 0 Å².